The average molecular weight is 428 g/mol. The van der Waals surface area contributed by atoms with Gasteiger partial charge in [0, 0.05) is 17.2 Å². The first-order valence-corrected chi connectivity index (χ1v) is 10.6. The normalized spacial score (nSPS) is 14.0. The highest BCUT2D eigenvalue weighted by Gasteiger charge is 2.21. The Bertz CT molecular complexity index is 1650. The van der Waals surface area contributed by atoms with E-state index < -0.39 is 0 Å². The minimum Gasteiger partial charge on any atom is -0.457 e. The van der Waals surface area contributed by atoms with Crippen molar-refractivity contribution in [1.82, 2.24) is 9.38 Å². The van der Waals surface area contributed by atoms with E-state index in [1.54, 1.807) is 16.5 Å². The summed E-state index contributed by atoms with van der Waals surface area (Å²) in [6.07, 6.45) is 1.75. The van der Waals surface area contributed by atoms with E-state index in [4.69, 9.17) is 9.15 Å². The van der Waals surface area contributed by atoms with Crippen LogP contribution in [0.15, 0.2) is 51.7 Å². The van der Waals surface area contributed by atoms with Gasteiger partial charge in [-0.3, -0.25) is 4.79 Å². The number of aryl methyl sites for hydroxylation is 2. The van der Waals surface area contributed by atoms with Crippen LogP contribution in [0.3, 0.4) is 0 Å². The van der Waals surface area contributed by atoms with E-state index in [2.05, 4.69) is 11.1 Å². The fourth-order valence-electron chi connectivity index (χ4n) is 4.11. The highest BCUT2D eigenvalue weighted by atomic mass is 32.1. The van der Waals surface area contributed by atoms with Gasteiger partial charge < -0.3 is 9.15 Å². The quantitative estimate of drug-likeness (QED) is 0.397. The third-order valence-electron chi connectivity index (χ3n) is 5.55. The molecule has 0 saturated carbocycles. The van der Waals surface area contributed by atoms with Crippen molar-refractivity contribution in [3.05, 3.63) is 85.4 Å². The molecule has 0 radical (unpaired) electrons. The van der Waals surface area contributed by atoms with E-state index in [0.29, 0.717) is 26.6 Å². The number of rotatable bonds is 2. The van der Waals surface area contributed by atoms with Crippen LogP contribution in [0.1, 0.15) is 32.8 Å². The second kappa shape index (κ2) is 6.39. The number of benzene rings is 2. The summed E-state index contributed by atoms with van der Waals surface area (Å²) >= 11 is 1.35. The van der Waals surface area contributed by atoms with Crippen molar-refractivity contribution in [2.24, 2.45) is 0 Å². The SMILES string of the molecule is Cc1cc(C)c2nc3sc(=Cc4ccc(-c5ccc6c(c5)COC6=O)o4)c(=O)n3c2c1. The molecule has 0 spiro atoms. The molecule has 0 atom stereocenters. The van der Waals surface area contributed by atoms with Crippen LogP contribution in [0.4, 0.5) is 0 Å². The van der Waals surface area contributed by atoms with Crippen molar-refractivity contribution in [2.45, 2.75) is 20.5 Å². The van der Waals surface area contributed by atoms with E-state index in [9.17, 15) is 9.59 Å². The molecule has 6 rings (SSSR count). The Morgan fingerprint density at radius 3 is 2.84 bits per heavy atom. The van der Waals surface area contributed by atoms with Gasteiger partial charge in [0.05, 0.1) is 16.6 Å². The fraction of sp³-hybridized carbons (Fsp3) is 0.125. The topological polar surface area (TPSA) is 73.8 Å². The monoisotopic (exact) mass is 428 g/mol. The number of hydrogen-bond acceptors (Lipinski definition) is 6. The zero-order chi connectivity index (χ0) is 21.3. The molecule has 0 aliphatic carbocycles. The smallest absolute Gasteiger partial charge is 0.338 e. The van der Waals surface area contributed by atoms with Crippen molar-refractivity contribution in [2.75, 3.05) is 0 Å². The summed E-state index contributed by atoms with van der Waals surface area (Å²) in [6.45, 7) is 4.31. The van der Waals surface area contributed by atoms with E-state index >= 15 is 0 Å². The van der Waals surface area contributed by atoms with Crippen LogP contribution in [-0.4, -0.2) is 15.4 Å². The first kappa shape index (κ1) is 18.1. The number of esters is 1. The number of ether oxygens (including phenoxy) is 1. The number of fused-ring (bicyclic) bond motifs is 4. The standard InChI is InChI=1S/C24H16N2O4S/c1-12-7-13(2)21-18(8-12)26-22(27)20(31-24(26)25-21)10-16-4-6-19(30-16)14-3-5-17-15(9-14)11-29-23(17)28/h3-10H,11H2,1-2H3. The zero-order valence-corrected chi connectivity index (χ0v) is 17.6. The summed E-state index contributed by atoms with van der Waals surface area (Å²) in [4.78, 5) is 30.1. The van der Waals surface area contributed by atoms with Gasteiger partial charge in [0.15, 0.2) is 4.96 Å². The Kier molecular flexibility index (Phi) is 3.73. The highest BCUT2D eigenvalue weighted by molar-refractivity contribution is 7.15. The highest BCUT2D eigenvalue weighted by Crippen LogP contribution is 2.28. The molecular weight excluding hydrogens is 412 g/mol. The number of carbonyl (C=O) groups is 1. The van der Waals surface area contributed by atoms with Crippen LogP contribution in [0.5, 0.6) is 0 Å². The Labute approximate surface area is 180 Å². The molecule has 4 heterocycles. The molecule has 3 aromatic heterocycles. The zero-order valence-electron chi connectivity index (χ0n) is 16.8. The number of thiazole rings is 1. The predicted molar refractivity (Wildman–Crippen MR) is 118 cm³/mol. The summed E-state index contributed by atoms with van der Waals surface area (Å²) in [6, 6.07) is 13.2. The van der Waals surface area contributed by atoms with Gasteiger partial charge in [-0.05, 0) is 55.3 Å². The number of nitrogens with zero attached hydrogens (tertiary/aromatic N) is 2. The van der Waals surface area contributed by atoms with E-state index in [1.165, 1.54) is 11.3 Å². The van der Waals surface area contributed by atoms with E-state index in [-0.39, 0.29) is 18.1 Å². The third-order valence-corrected chi connectivity index (χ3v) is 6.52. The van der Waals surface area contributed by atoms with Gasteiger partial charge in [-0.25, -0.2) is 14.2 Å². The molecule has 7 heteroatoms. The molecule has 0 fully saturated rings. The van der Waals surface area contributed by atoms with Crippen molar-refractivity contribution in [3.8, 4) is 11.3 Å². The molecule has 31 heavy (non-hydrogen) atoms. The summed E-state index contributed by atoms with van der Waals surface area (Å²) < 4.78 is 13.3. The summed E-state index contributed by atoms with van der Waals surface area (Å²) in [5.74, 6) is 0.957. The number of furan rings is 1. The van der Waals surface area contributed by atoms with Crippen molar-refractivity contribution >= 4 is 39.4 Å². The summed E-state index contributed by atoms with van der Waals surface area (Å²) in [5.41, 5.74) is 6.06. The van der Waals surface area contributed by atoms with Gasteiger partial charge >= 0.3 is 5.97 Å². The number of aromatic nitrogens is 2. The van der Waals surface area contributed by atoms with Crippen molar-refractivity contribution in [3.63, 3.8) is 0 Å². The number of imidazole rings is 1. The average Bonchev–Trinajstić information content (AvgIpc) is 3.49. The Morgan fingerprint density at radius 1 is 1.10 bits per heavy atom. The minimum atomic E-state index is -0.293. The summed E-state index contributed by atoms with van der Waals surface area (Å²) in [5, 5.41) is 0. The van der Waals surface area contributed by atoms with Gasteiger partial charge in [0.1, 0.15) is 22.7 Å². The van der Waals surface area contributed by atoms with Crippen LogP contribution in [0.2, 0.25) is 0 Å². The molecule has 0 unspecified atom stereocenters. The lowest BCUT2D eigenvalue weighted by Gasteiger charge is -1.99. The Morgan fingerprint density at radius 2 is 1.97 bits per heavy atom. The molecule has 1 aliphatic rings. The van der Waals surface area contributed by atoms with Crippen LogP contribution < -0.4 is 10.1 Å². The lowest BCUT2D eigenvalue weighted by atomic mass is 10.0. The molecule has 5 aromatic rings. The van der Waals surface area contributed by atoms with Gasteiger partial charge in [-0.1, -0.05) is 23.5 Å². The van der Waals surface area contributed by atoms with Gasteiger partial charge in [-0.2, -0.15) is 0 Å². The first-order chi connectivity index (χ1) is 15.0. The largest absolute Gasteiger partial charge is 0.457 e. The van der Waals surface area contributed by atoms with Gasteiger partial charge in [0.25, 0.3) is 5.56 Å². The van der Waals surface area contributed by atoms with Crippen LogP contribution in [-0.2, 0) is 11.3 Å². The molecule has 0 N–H and O–H groups in total. The van der Waals surface area contributed by atoms with Crippen molar-refractivity contribution in [1.29, 1.82) is 0 Å². The number of carbonyl (C=O) groups excluding carboxylic acids is 1. The van der Waals surface area contributed by atoms with Gasteiger partial charge in [-0.15, -0.1) is 0 Å². The van der Waals surface area contributed by atoms with E-state index in [1.807, 2.05) is 44.2 Å². The molecule has 1 aliphatic heterocycles. The fourth-order valence-corrected chi connectivity index (χ4v) is 5.07. The third kappa shape index (κ3) is 2.74. The molecule has 152 valence electrons. The maximum absolute atomic E-state index is 13.1. The number of cyclic esters (lactones) is 1. The lowest BCUT2D eigenvalue weighted by molar-refractivity contribution is 0.0535. The molecule has 0 amide bonds. The first-order valence-electron chi connectivity index (χ1n) is 9.82. The van der Waals surface area contributed by atoms with Gasteiger partial charge in [0.2, 0.25) is 0 Å². The predicted octanol–water partition coefficient (Wildman–Crippen LogP) is 4.00. The second-order valence-electron chi connectivity index (χ2n) is 7.75. The molecule has 0 saturated heterocycles. The molecule has 6 nitrogen and oxygen atoms in total. The van der Waals surface area contributed by atoms with Crippen LogP contribution >= 0.6 is 11.3 Å². The Hall–Kier alpha value is -3.71. The Balaban J connectivity index is 1.43. The van der Waals surface area contributed by atoms with Crippen LogP contribution in [0.25, 0.3) is 33.4 Å². The number of hydrogen-bond donors (Lipinski definition) is 0. The maximum Gasteiger partial charge on any atom is 0.338 e. The maximum atomic E-state index is 13.1. The summed E-state index contributed by atoms with van der Waals surface area (Å²) in [7, 11) is 0. The molecular formula is C24H16N2O4S. The molecule has 0 bridgehead atoms. The molecule has 2 aromatic carbocycles. The van der Waals surface area contributed by atoms with Crippen molar-refractivity contribution < 1.29 is 13.9 Å². The van der Waals surface area contributed by atoms with Crippen LogP contribution in [0, 0.1) is 13.8 Å². The second-order valence-corrected chi connectivity index (χ2v) is 8.75. The van der Waals surface area contributed by atoms with E-state index in [0.717, 1.165) is 33.3 Å². The minimum absolute atomic E-state index is 0.0985. The lowest BCUT2D eigenvalue weighted by Crippen LogP contribution is -2.22.